The lowest BCUT2D eigenvalue weighted by Gasteiger charge is -2.27. The van der Waals surface area contributed by atoms with Crippen molar-refractivity contribution in [2.75, 3.05) is 31.2 Å². The Morgan fingerprint density at radius 3 is 2.03 bits per heavy atom. The van der Waals surface area contributed by atoms with Crippen LogP contribution in [0.3, 0.4) is 0 Å². The lowest BCUT2D eigenvalue weighted by atomic mass is 10.2. The number of nitrogens with two attached hydrogens (primary N) is 2. The van der Waals surface area contributed by atoms with Gasteiger partial charge in [-0.25, -0.2) is 4.98 Å². The first-order chi connectivity index (χ1) is 16.6. The number of nitrogens with zero attached hydrogens (tertiary/aromatic N) is 4. The van der Waals surface area contributed by atoms with E-state index in [4.69, 9.17) is 16.2 Å². The van der Waals surface area contributed by atoms with Crippen LogP contribution in [0.15, 0.2) is 34.2 Å². The molecule has 0 aromatic carbocycles. The van der Waals surface area contributed by atoms with Crippen molar-refractivity contribution in [3.05, 3.63) is 65.6 Å². The van der Waals surface area contributed by atoms with Crippen molar-refractivity contribution >= 4 is 66.2 Å². The summed E-state index contributed by atoms with van der Waals surface area (Å²) in [6.45, 7) is 2.90. The van der Waals surface area contributed by atoms with Crippen molar-refractivity contribution in [3.63, 3.8) is 0 Å². The van der Waals surface area contributed by atoms with E-state index >= 15 is 0 Å². The number of thiophene rings is 2. The van der Waals surface area contributed by atoms with Gasteiger partial charge in [0, 0.05) is 29.7 Å². The Hall–Kier alpha value is -3.47. The molecule has 16 heteroatoms. The number of nitro groups is 2. The monoisotopic (exact) mass is 584 g/mol. The highest BCUT2D eigenvalue weighted by atomic mass is 79.9. The van der Waals surface area contributed by atoms with Crippen LogP contribution in [0.25, 0.3) is 10.4 Å². The van der Waals surface area contributed by atoms with Gasteiger partial charge in [0.25, 0.3) is 11.8 Å². The molecule has 3 aromatic rings. The second kappa shape index (κ2) is 11.3. The molecule has 0 radical (unpaired) electrons. The molecule has 3 aromatic heterocycles. The minimum Gasteiger partial charge on any atom is -0.378 e. The number of morpholine rings is 1. The Kier molecular flexibility index (Phi) is 8.44. The summed E-state index contributed by atoms with van der Waals surface area (Å²) in [5, 5.41) is 20.9. The summed E-state index contributed by atoms with van der Waals surface area (Å²) in [5.74, 6) is -0.765. The SMILES string of the molecule is NC(=O)c1cc(-c2ccc(N3CCOCC3)nc2)sc1[N+](=O)[O-].NC(=O)c1cc(Br)sc1[N+](=O)[O-]. The van der Waals surface area contributed by atoms with Gasteiger partial charge in [0.1, 0.15) is 16.9 Å². The predicted molar refractivity (Wildman–Crippen MR) is 133 cm³/mol. The van der Waals surface area contributed by atoms with Crippen LogP contribution in [0.5, 0.6) is 0 Å². The summed E-state index contributed by atoms with van der Waals surface area (Å²) in [6, 6.07) is 6.47. The molecule has 13 nitrogen and oxygen atoms in total. The Balaban J connectivity index is 0.000000241. The number of aromatic nitrogens is 1. The molecule has 2 amide bonds. The predicted octanol–water partition coefficient (Wildman–Crippen LogP) is 3.17. The Bertz CT molecular complexity index is 1210. The molecule has 1 saturated heterocycles. The number of anilines is 1. The Morgan fingerprint density at radius 1 is 1.00 bits per heavy atom. The minimum atomic E-state index is -0.808. The number of rotatable bonds is 6. The zero-order valence-corrected chi connectivity index (χ0v) is 20.9. The molecule has 4 N–H and O–H groups in total. The van der Waals surface area contributed by atoms with Crippen molar-refractivity contribution in [1.82, 2.24) is 4.98 Å². The van der Waals surface area contributed by atoms with Crippen LogP contribution in [-0.2, 0) is 4.74 Å². The average Bonchev–Trinajstić information content (AvgIpc) is 3.45. The topological polar surface area (TPSA) is 198 Å². The van der Waals surface area contributed by atoms with E-state index in [9.17, 15) is 29.8 Å². The highest BCUT2D eigenvalue weighted by Gasteiger charge is 2.24. The molecule has 0 spiro atoms. The van der Waals surface area contributed by atoms with E-state index in [2.05, 4.69) is 25.8 Å². The van der Waals surface area contributed by atoms with Crippen molar-refractivity contribution in [2.45, 2.75) is 0 Å². The maximum absolute atomic E-state index is 11.3. The fraction of sp³-hybridized carbons (Fsp3) is 0.211. The summed E-state index contributed by atoms with van der Waals surface area (Å²) >= 11 is 4.81. The summed E-state index contributed by atoms with van der Waals surface area (Å²) in [4.78, 5) is 49.2. The number of pyridine rings is 1. The standard InChI is InChI=1S/C14H14N4O4S.C5H3BrN2O3S/c15-13(19)10-7-11(23-14(10)18(20)21)9-1-2-12(16-8-9)17-3-5-22-6-4-17;6-3-1-2(4(7)9)5(12-3)8(10)11/h1-2,7-8H,3-6H2,(H2,15,19);1H,(H2,7,9). The van der Waals surface area contributed by atoms with Gasteiger partial charge in [-0.1, -0.05) is 22.7 Å². The van der Waals surface area contributed by atoms with Crippen LogP contribution < -0.4 is 16.4 Å². The van der Waals surface area contributed by atoms with E-state index in [1.807, 2.05) is 12.1 Å². The molecule has 35 heavy (non-hydrogen) atoms. The lowest BCUT2D eigenvalue weighted by Crippen LogP contribution is -2.36. The maximum atomic E-state index is 11.3. The number of carbonyl (C=O) groups is 2. The largest absolute Gasteiger partial charge is 0.378 e. The Morgan fingerprint density at radius 2 is 1.57 bits per heavy atom. The number of halogens is 1. The van der Waals surface area contributed by atoms with Gasteiger partial charge in [-0.05, 0) is 40.2 Å². The molecule has 0 unspecified atom stereocenters. The van der Waals surface area contributed by atoms with E-state index in [1.165, 1.54) is 12.1 Å². The maximum Gasteiger partial charge on any atom is 0.337 e. The minimum absolute atomic E-state index is 0.0584. The summed E-state index contributed by atoms with van der Waals surface area (Å²) < 4.78 is 5.82. The first kappa shape index (κ1) is 26.1. The molecule has 184 valence electrons. The molecule has 0 atom stereocenters. The van der Waals surface area contributed by atoms with Gasteiger partial charge in [-0.2, -0.15) is 0 Å². The van der Waals surface area contributed by atoms with E-state index in [-0.39, 0.29) is 21.1 Å². The second-order valence-corrected chi connectivity index (χ2v) is 10.3. The summed E-state index contributed by atoms with van der Waals surface area (Å²) in [5.41, 5.74) is 10.7. The number of primary amides is 2. The molecule has 0 bridgehead atoms. The van der Waals surface area contributed by atoms with Gasteiger partial charge in [0.05, 0.1) is 26.8 Å². The van der Waals surface area contributed by atoms with Crippen molar-refractivity contribution in [2.24, 2.45) is 11.5 Å². The van der Waals surface area contributed by atoms with Gasteiger partial charge in [0.15, 0.2) is 0 Å². The third-order valence-corrected chi connectivity index (χ3v) is 7.35. The van der Waals surface area contributed by atoms with Gasteiger partial charge >= 0.3 is 10.0 Å². The van der Waals surface area contributed by atoms with Crippen LogP contribution in [0.1, 0.15) is 20.7 Å². The molecule has 1 aliphatic rings. The average molecular weight is 585 g/mol. The normalized spacial score (nSPS) is 13.0. The lowest BCUT2D eigenvalue weighted by molar-refractivity contribution is -0.380. The number of ether oxygens (including phenoxy) is 1. The van der Waals surface area contributed by atoms with Crippen LogP contribution in [0.4, 0.5) is 15.8 Å². The smallest absolute Gasteiger partial charge is 0.337 e. The van der Waals surface area contributed by atoms with Crippen molar-refractivity contribution in [1.29, 1.82) is 0 Å². The van der Waals surface area contributed by atoms with E-state index in [1.54, 1.807) is 6.20 Å². The summed E-state index contributed by atoms with van der Waals surface area (Å²) in [6.07, 6.45) is 1.64. The molecule has 4 rings (SSSR count). The van der Waals surface area contributed by atoms with Gasteiger partial charge < -0.3 is 21.1 Å². The molecule has 0 aliphatic carbocycles. The molecule has 0 saturated carbocycles. The third-order valence-electron chi connectivity index (χ3n) is 4.62. The van der Waals surface area contributed by atoms with E-state index < -0.39 is 21.7 Å². The van der Waals surface area contributed by atoms with E-state index in [0.717, 1.165) is 41.6 Å². The molecule has 4 heterocycles. The fourth-order valence-electron chi connectivity index (χ4n) is 3.01. The zero-order valence-electron chi connectivity index (χ0n) is 17.7. The van der Waals surface area contributed by atoms with Gasteiger partial charge in [-0.3, -0.25) is 29.8 Å². The quantitative estimate of drug-likeness (QED) is 0.322. The number of hydrogen-bond acceptors (Lipinski definition) is 11. The zero-order chi connectivity index (χ0) is 25.7. The van der Waals surface area contributed by atoms with Crippen molar-refractivity contribution in [3.8, 4) is 10.4 Å². The number of amides is 2. The first-order valence-corrected chi connectivity index (χ1v) is 12.1. The third kappa shape index (κ3) is 6.36. The summed E-state index contributed by atoms with van der Waals surface area (Å²) in [7, 11) is 0. The van der Waals surface area contributed by atoms with Gasteiger partial charge in [0.2, 0.25) is 0 Å². The number of hydrogen-bond donors (Lipinski definition) is 2. The fourth-order valence-corrected chi connectivity index (χ4v) is 5.37. The highest BCUT2D eigenvalue weighted by Crippen LogP contribution is 2.37. The van der Waals surface area contributed by atoms with Crippen LogP contribution in [-0.4, -0.2) is 52.9 Å². The Labute approximate surface area is 213 Å². The van der Waals surface area contributed by atoms with Crippen LogP contribution in [0.2, 0.25) is 0 Å². The second-order valence-electron chi connectivity index (χ2n) is 6.85. The van der Waals surface area contributed by atoms with Crippen molar-refractivity contribution < 1.29 is 24.2 Å². The van der Waals surface area contributed by atoms with Crippen LogP contribution in [0, 0.1) is 20.2 Å². The molecular formula is C19H17BrN6O7S2. The molecular weight excluding hydrogens is 568 g/mol. The van der Waals surface area contributed by atoms with E-state index in [0.29, 0.717) is 27.4 Å². The molecule has 1 aliphatic heterocycles. The molecule has 1 fully saturated rings. The number of carbonyl (C=O) groups excluding carboxylic acids is 2. The van der Waals surface area contributed by atoms with Gasteiger partial charge in [-0.15, -0.1) is 0 Å². The first-order valence-electron chi connectivity index (χ1n) is 9.69. The highest BCUT2D eigenvalue weighted by molar-refractivity contribution is 9.11. The van der Waals surface area contributed by atoms with Crippen LogP contribution >= 0.6 is 38.6 Å².